The van der Waals surface area contributed by atoms with Crippen molar-refractivity contribution in [2.75, 3.05) is 0 Å². The molecule has 1 aliphatic rings. The Bertz CT molecular complexity index is 616. The fourth-order valence-electron chi connectivity index (χ4n) is 3.19. The van der Waals surface area contributed by atoms with Gasteiger partial charge in [-0.3, -0.25) is 0 Å². The monoisotopic (exact) mass is 298 g/mol. The van der Waals surface area contributed by atoms with E-state index < -0.39 is 11.6 Å². The highest BCUT2D eigenvalue weighted by Crippen LogP contribution is 2.33. The van der Waals surface area contributed by atoms with Crippen LogP contribution in [0, 0.1) is 11.6 Å². The van der Waals surface area contributed by atoms with Gasteiger partial charge in [0.05, 0.1) is 11.4 Å². The minimum Gasteiger partial charge on any atom is -0.324 e. The third-order valence-corrected chi connectivity index (χ3v) is 4.33. The zero-order valence-electron chi connectivity index (χ0n) is 11.2. The molecule has 0 aliphatic heterocycles. The zero-order chi connectivity index (χ0) is 14.1. The number of aromatic nitrogens is 2. The smallest absolute Gasteiger partial charge is 0.153 e. The van der Waals surface area contributed by atoms with Gasteiger partial charge in [-0.1, -0.05) is 25.7 Å². The van der Waals surface area contributed by atoms with Crippen LogP contribution in [0.4, 0.5) is 8.78 Å². The molecule has 1 saturated carbocycles. The van der Waals surface area contributed by atoms with Gasteiger partial charge in [0, 0.05) is 12.1 Å². The van der Waals surface area contributed by atoms with Gasteiger partial charge in [0.1, 0.15) is 17.2 Å². The van der Waals surface area contributed by atoms with Gasteiger partial charge in [-0.15, -0.1) is 11.6 Å². The van der Waals surface area contributed by atoms with Crippen LogP contribution in [-0.4, -0.2) is 9.55 Å². The Kier molecular flexibility index (Phi) is 3.92. The third-order valence-electron chi connectivity index (χ3n) is 4.10. The standard InChI is InChI=1S/C15H17ClF2N2/c16-9-14-19-15-12(18)7-10(17)8-13(15)20(14)11-5-3-1-2-4-6-11/h7-8,11H,1-6,9H2. The van der Waals surface area contributed by atoms with Crippen LogP contribution in [0.2, 0.25) is 0 Å². The van der Waals surface area contributed by atoms with E-state index in [0.29, 0.717) is 11.3 Å². The van der Waals surface area contributed by atoms with Gasteiger partial charge >= 0.3 is 0 Å². The molecule has 108 valence electrons. The normalized spacial score (nSPS) is 17.6. The maximum atomic E-state index is 13.9. The fraction of sp³-hybridized carbons (Fsp3) is 0.533. The summed E-state index contributed by atoms with van der Waals surface area (Å²) in [4.78, 5) is 4.27. The number of alkyl halides is 1. The molecular weight excluding hydrogens is 282 g/mol. The molecule has 2 nitrogen and oxygen atoms in total. The lowest BCUT2D eigenvalue weighted by Crippen LogP contribution is -2.11. The summed E-state index contributed by atoms with van der Waals surface area (Å²) < 4.78 is 29.3. The SMILES string of the molecule is Fc1cc(F)c2nc(CCl)n(C3CCCCCC3)c2c1. The average Bonchev–Trinajstić information content (AvgIpc) is 2.60. The second-order valence-corrected chi connectivity index (χ2v) is 5.70. The molecule has 0 N–H and O–H groups in total. The third kappa shape index (κ3) is 2.41. The van der Waals surface area contributed by atoms with Crippen LogP contribution in [0.3, 0.4) is 0 Å². The lowest BCUT2D eigenvalue weighted by atomic mass is 10.1. The molecular formula is C15H17ClF2N2. The Hall–Kier alpha value is -1.16. The fourth-order valence-corrected chi connectivity index (χ4v) is 3.37. The highest BCUT2D eigenvalue weighted by molar-refractivity contribution is 6.16. The number of imidazole rings is 1. The summed E-state index contributed by atoms with van der Waals surface area (Å²) in [6.45, 7) is 0. The summed E-state index contributed by atoms with van der Waals surface area (Å²) in [7, 11) is 0. The quantitative estimate of drug-likeness (QED) is 0.566. The van der Waals surface area contributed by atoms with Crippen molar-refractivity contribution in [1.29, 1.82) is 0 Å². The molecule has 0 saturated heterocycles. The van der Waals surface area contributed by atoms with E-state index >= 15 is 0 Å². The first-order chi connectivity index (χ1) is 9.70. The van der Waals surface area contributed by atoms with Crippen molar-refractivity contribution in [3.05, 3.63) is 29.6 Å². The highest BCUT2D eigenvalue weighted by atomic mass is 35.5. The number of hydrogen-bond donors (Lipinski definition) is 0. The van der Waals surface area contributed by atoms with E-state index in [-0.39, 0.29) is 17.4 Å². The van der Waals surface area contributed by atoms with Crippen LogP contribution in [-0.2, 0) is 5.88 Å². The lowest BCUT2D eigenvalue weighted by molar-refractivity contribution is 0.444. The number of rotatable bonds is 2. The minimum absolute atomic E-state index is 0.215. The predicted octanol–water partition coefficient (Wildman–Crippen LogP) is 4.95. The molecule has 0 atom stereocenters. The molecule has 1 fully saturated rings. The largest absolute Gasteiger partial charge is 0.324 e. The first-order valence-electron chi connectivity index (χ1n) is 7.12. The van der Waals surface area contributed by atoms with E-state index in [0.717, 1.165) is 31.7 Å². The summed E-state index contributed by atoms with van der Waals surface area (Å²) in [5, 5.41) is 0. The summed E-state index contributed by atoms with van der Waals surface area (Å²) in [5.41, 5.74) is 0.761. The molecule has 1 heterocycles. The number of benzene rings is 1. The molecule has 0 unspecified atom stereocenters. The summed E-state index contributed by atoms with van der Waals surface area (Å²) >= 11 is 5.96. The number of nitrogens with zero attached hydrogens (tertiary/aromatic N) is 2. The topological polar surface area (TPSA) is 17.8 Å². The number of fused-ring (bicyclic) bond motifs is 1. The van der Waals surface area contributed by atoms with Crippen molar-refractivity contribution in [2.24, 2.45) is 0 Å². The van der Waals surface area contributed by atoms with Gasteiger partial charge in [-0.25, -0.2) is 13.8 Å². The molecule has 1 aromatic heterocycles. The molecule has 0 amide bonds. The predicted molar refractivity (Wildman–Crippen MR) is 75.9 cm³/mol. The van der Waals surface area contributed by atoms with Crippen LogP contribution in [0.5, 0.6) is 0 Å². The van der Waals surface area contributed by atoms with Crippen LogP contribution in [0.25, 0.3) is 11.0 Å². The molecule has 0 bridgehead atoms. The molecule has 1 aliphatic carbocycles. The van der Waals surface area contributed by atoms with Crippen LogP contribution in [0.1, 0.15) is 50.4 Å². The Morgan fingerprint density at radius 3 is 2.50 bits per heavy atom. The second-order valence-electron chi connectivity index (χ2n) is 5.43. The average molecular weight is 299 g/mol. The van der Waals surface area contributed by atoms with Crippen molar-refractivity contribution in [3.8, 4) is 0 Å². The van der Waals surface area contributed by atoms with Crippen molar-refractivity contribution in [1.82, 2.24) is 9.55 Å². The molecule has 2 aromatic rings. The van der Waals surface area contributed by atoms with E-state index in [1.807, 2.05) is 4.57 Å². The van der Waals surface area contributed by atoms with Crippen LogP contribution >= 0.6 is 11.6 Å². The Balaban J connectivity index is 2.16. The van der Waals surface area contributed by atoms with E-state index in [1.165, 1.54) is 18.9 Å². The van der Waals surface area contributed by atoms with Crippen molar-refractivity contribution in [3.63, 3.8) is 0 Å². The van der Waals surface area contributed by atoms with Gasteiger partial charge in [0.15, 0.2) is 5.82 Å². The summed E-state index contributed by atoms with van der Waals surface area (Å²) in [6, 6.07) is 2.49. The Labute approximate surface area is 121 Å². The molecule has 5 heteroatoms. The molecule has 1 aromatic carbocycles. The lowest BCUT2D eigenvalue weighted by Gasteiger charge is -2.19. The van der Waals surface area contributed by atoms with Crippen LogP contribution in [0.15, 0.2) is 12.1 Å². The van der Waals surface area contributed by atoms with E-state index in [2.05, 4.69) is 4.98 Å². The van der Waals surface area contributed by atoms with Gasteiger partial charge in [-0.05, 0) is 18.9 Å². The Morgan fingerprint density at radius 2 is 1.85 bits per heavy atom. The maximum Gasteiger partial charge on any atom is 0.153 e. The second kappa shape index (κ2) is 5.68. The number of hydrogen-bond acceptors (Lipinski definition) is 1. The van der Waals surface area contributed by atoms with E-state index in [9.17, 15) is 8.78 Å². The molecule has 0 spiro atoms. The van der Waals surface area contributed by atoms with Crippen molar-refractivity contribution in [2.45, 2.75) is 50.4 Å². The minimum atomic E-state index is -0.612. The zero-order valence-corrected chi connectivity index (χ0v) is 12.0. The number of halogens is 3. The van der Waals surface area contributed by atoms with Gasteiger partial charge in [0.2, 0.25) is 0 Å². The summed E-state index contributed by atoms with van der Waals surface area (Å²) in [5.74, 6) is -0.325. The van der Waals surface area contributed by atoms with Gasteiger partial charge < -0.3 is 4.57 Å². The Morgan fingerprint density at radius 1 is 1.15 bits per heavy atom. The first-order valence-corrected chi connectivity index (χ1v) is 7.66. The summed E-state index contributed by atoms with van der Waals surface area (Å²) in [6.07, 6.45) is 6.78. The first kappa shape index (κ1) is 13.8. The van der Waals surface area contributed by atoms with E-state index in [4.69, 9.17) is 11.6 Å². The van der Waals surface area contributed by atoms with Gasteiger partial charge in [-0.2, -0.15) is 0 Å². The maximum absolute atomic E-state index is 13.9. The molecule has 20 heavy (non-hydrogen) atoms. The van der Waals surface area contributed by atoms with Crippen molar-refractivity contribution < 1.29 is 8.78 Å². The van der Waals surface area contributed by atoms with Crippen LogP contribution < -0.4 is 0 Å². The molecule has 3 rings (SSSR count). The molecule has 0 radical (unpaired) electrons. The van der Waals surface area contributed by atoms with E-state index in [1.54, 1.807) is 0 Å². The van der Waals surface area contributed by atoms with Crippen molar-refractivity contribution >= 4 is 22.6 Å². The highest BCUT2D eigenvalue weighted by Gasteiger charge is 2.22. The van der Waals surface area contributed by atoms with Gasteiger partial charge in [0.25, 0.3) is 0 Å².